The molecule has 0 bridgehead atoms. The summed E-state index contributed by atoms with van der Waals surface area (Å²) >= 11 is 0. The van der Waals surface area contributed by atoms with Crippen molar-refractivity contribution in [2.45, 2.75) is 19.9 Å². The van der Waals surface area contributed by atoms with Gasteiger partial charge in [-0.05, 0) is 13.8 Å². The predicted molar refractivity (Wildman–Crippen MR) is 73.0 cm³/mol. The van der Waals surface area contributed by atoms with E-state index in [4.69, 9.17) is 10.5 Å². The molecule has 0 aliphatic rings. The zero-order valence-corrected chi connectivity index (χ0v) is 11.8. The van der Waals surface area contributed by atoms with E-state index >= 15 is 0 Å². The molecule has 0 radical (unpaired) electrons. The molecule has 0 unspecified atom stereocenters. The molecule has 1 aromatic rings. The first-order chi connectivity index (χ1) is 9.90. The van der Waals surface area contributed by atoms with Crippen LogP contribution in [0.3, 0.4) is 0 Å². The number of anilines is 1. The largest absolute Gasteiger partial charge is 0.451 e. The highest BCUT2D eigenvalue weighted by Crippen LogP contribution is 2.04. The summed E-state index contributed by atoms with van der Waals surface area (Å²) in [5.74, 6) is -1.88. The van der Waals surface area contributed by atoms with E-state index in [1.165, 1.54) is 12.4 Å². The van der Waals surface area contributed by atoms with Gasteiger partial charge in [0.25, 0.3) is 5.91 Å². The summed E-state index contributed by atoms with van der Waals surface area (Å²) in [5, 5.41) is 4.91. The first kappa shape index (κ1) is 16.3. The van der Waals surface area contributed by atoms with E-state index < -0.39 is 18.5 Å². The molecule has 0 spiro atoms. The van der Waals surface area contributed by atoms with Crippen molar-refractivity contribution in [1.29, 1.82) is 0 Å². The lowest BCUT2D eigenvalue weighted by Gasteiger charge is -2.09. The summed E-state index contributed by atoms with van der Waals surface area (Å²) in [4.78, 5) is 41.7. The first-order valence-electron chi connectivity index (χ1n) is 6.19. The summed E-state index contributed by atoms with van der Waals surface area (Å²) < 4.78 is 4.72. The molecule has 0 aliphatic carbocycles. The SMILES string of the molecule is CC(C)NC(=O)CNC(=O)COC(=O)c1nccnc1N. The number of nitrogens with one attached hydrogen (secondary N) is 2. The molecular weight excluding hydrogens is 278 g/mol. The highest BCUT2D eigenvalue weighted by atomic mass is 16.5. The summed E-state index contributed by atoms with van der Waals surface area (Å²) in [6.07, 6.45) is 2.61. The number of carbonyl (C=O) groups excluding carboxylic acids is 3. The zero-order valence-electron chi connectivity index (χ0n) is 11.8. The summed E-state index contributed by atoms with van der Waals surface area (Å²) in [6.45, 7) is 2.87. The number of nitrogen functional groups attached to an aromatic ring is 1. The monoisotopic (exact) mass is 295 g/mol. The summed E-state index contributed by atoms with van der Waals surface area (Å²) in [6, 6.07) is -0.0214. The van der Waals surface area contributed by atoms with Crippen molar-refractivity contribution in [3.05, 3.63) is 18.1 Å². The van der Waals surface area contributed by atoms with Gasteiger partial charge in [-0.1, -0.05) is 0 Å². The van der Waals surface area contributed by atoms with E-state index in [-0.39, 0.29) is 30.0 Å². The van der Waals surface area contributed by atoms with E-state index in [1.807, 2.05) is 0 Å². The van der Waals surface area contributed by atoms with E-state index in [2.05, 4.69) is 20.6 Å². The van der Waals surface area contributed by atoms with Gasteiger partial charge in [-0.2, -0.15) is 0 Å². The van der Waals surface area contributed by atoms with Crippen LogP contribution in [-0.2, 0) is 14.3 Å². The molecule has 0 fully saturated rings. The number of carbonyl (C=O) groups is 3. The number of ether oxygens (including phenoxy) is 1. The molecule has 2 amide bonds. The minimum Gasteiger partial charge on any atom is -0.451 e. The molecule has 0 saturated carbocycles. The Hall–Kier alpha value is -2.71. The summed E-state index contributed by atoms with van der Waals surface area (Å²) in [7, 11) is 0. The maximum atomic E-state index is 11.6. The molecule has 114 valence electrons. The average molecular weight is 295 g/mol. The van der Waals surface area contributed by atoms with Gasteiger partial charge in [-0.15, -0.1) is 0 Å². The van der Waals surface area contributed by atoms with Crippen molar-refractivity contribution in [1.82, 2.24) is 20.6 Å². The number of hydrogen-bond acceptors (Lipinski definition) is 7. The number of amides is 2. The van der Waals surface area contributed by atoms with Gasteiger partial charge < -0.3 is 21.1 Å². The molecule has 1 rings (SSSR count). The van der Waals surface area contributed by atoms with Crippen molar-refractivity contribution in [2.24, 2.45) is 0 Å². The highest BCUT2D eigenvalue weighted by Gasteiger charge is 2.15. The van der Waals surface area contributed by atoms with Crippen molar-refractivity contribution >= 4 is 23.6 Å². The van der Waals surface area contributed by atoms with Gasteiger partial charge in [-0.3, -0.25) is 9.59 Å². The topological polar surface area (TPSA) is 136 Å². The molecule has 0 saturated heterocycles. The standard InChI is InChI=1S/C12H17N5O4/c1-7(2)17-8(18)5-16-9(19)6-21-12(20)10-11(13)15-4-3-14-10/h3-4,7H,5-6H2,1-2H3,(H2,13,15)(H,16,19)(H,17,18). The van der Waals surface area contributed by atoms with Crippen LogP contribution in [0.15, 0.2) is 12.4 Å². The average Bonchev–Trinajstić information content (AvgIpc) is 2.42. The molecule has 0 aliphatic heterocycles. The van der Waals surface area contributed by atoms with Crippen LogP contribution in [0.5, 0.6) is 0 Å². The van der Waals surface area contributed by atoms with Crippen LogP contribution in [0, 0.1) is 0 Å². The van der Waals surface area contributed by atoms with Crippen molar-refractivity contribution in [3.63, 3.8) is 0 Å². The maximum absolute atomic E-state index is 11.6. The van der Waals surface area contributed by atoms with Crippen LogP contribution >= 0.6 is 0 Å². The summed E-state index contributed by atoms with van der Waals surface area (Å²) in [5.41, 5.74) is 5.28. The lowest BCUT2D eigenvalue weighted by molar-refractivity contribution is -0.128. The van der Waals surface area contributed by atoms with Gasteiger partial charge in [0, 0.05) is 18.4 Å². The fraction of sp³-hybridized carbons (Fsp3) is 0.417. The van der Waals surface area contributed by atoms with Gasteiger partial charge in [0.2, 0.25) is 5.91 Å². The van der Waals surface area contributed by atoms with Gasteiger partial charge in [-0.25, -0.2) is 14.8 Å². The van der Waals surface area contributed by atoms with E-state index in [0.717, 1.165) is 0 Å². The molecule has 0 atom stereocenters. The Labute approximate surface area is 121 Å². The number of nitrogens with two attached hydrogens (primary N) is 1. The van der Waals surface area contributed by atoms with E-state index in [1.54, 1.807) is 13.8 Å². The molecule has 9 heteroatoms. The third kappa shape index (κ3) is 5.85. The zero-order chi connectivity index (χ0) is 15.8. The van der Waals surface area contributed by atoms with Crippen molar-refractivity contribution in [2.75, 3.05) is 18.9 Å². The van der Waals surface area contributed by atoms with E-state index in [9.17, 15) is 14.4 Å². The minimum atomic E-state index is -0.859. The fourth-order valence-electron chi connectivity index (χ4n) is 1.31. The second kappa shape index (κ2) is 7.78. The Balaban J connectivity index is 2.35. The van der Waals surface area contributed by atoms with Gasteiger partial charge >= 0.3 is 5.97 Å². The molecule has 0 aromatic carbocycles. The van der Waals surface area contributed by atoms with E-state index in [0.29, 0.717) is 0 Å². The number of esters is 1. The molecule has 21 heavy (non-hydrogen) atoms. The molecule has 4 N–H and O–H groups in total. The van der Waals surface area contributed by atoms with Crippen LogP contribution in [-0.4, -0.2) is 46.9 Å². The number of aromatic nitrogens is 2. The predicted octanol–water partition coefficient (Wildman–Crippen LogP) is -1.14. The lowest BCUT2D eigenvalue weighted by Crippen LogP contribution is -2.41. The fourth-order valence-corrected chi connectivity index (χ4v) is 1.31. The first-order valence-corrected chi connectivity index (χ1v) is 6.19. The second-order valence-electron chi connectivity index (χ2n) is 4.37. The Morgan fingerprint density at radius 1 is 1.24 bits per heavy atom. The second-order valence-corrected chi connectivity index (χ2v) is 4.37. The van der Waals surface area contributed by atoms with Crippen molar-refractivity contribution < 1.29 is 19.1 Å². The Kier molecular flexibility index (Phi) is 6.05. The van der Waals surface area contributed by atoms with Gasteiger partial charge in [0.1, 0.15) is 0 Å². The number of hydrogen-bond donors (Lipinski definition) is 3. The Morgan fingerprint density at radius 2 is 1.90 bits per heavy atom. The van der Waals surface area contributed by atoms with Crippen LogP contribution in [0.1, 0.15) is 24.3 Å². The Morgan fingerprint density at radius 3 is 2.52 bits per heavy atom. The smallest absolute Gasteiger partial charge is 0.361 e. The van der Waals surface area contributed by atoms with Crippen LogP contribution < -0.4 is 16.4 Å². The minimum absolute atomic E-state index is 0.0214. The molecule has 1 aromatic heterocycles. The maximum Gasteiger partial charge on any atom is 0.361 e. The third-order valence-corrected chi connectivity index (χ3v) is 2.15. The van der Waals surface area contributed by atoms with Crippen LogP contribution in [0.25, 0.3) is 0 Å². The highest BCUT2D eigenvalue weighted by molar-refractivity contribution is 5.93. The van der Waals surface area contributed by atoms with Crippen LogP contribution in [0.4, 0.5) is 5.82 Å². The lowest BCUT2D eigenvalue weighted by atomic mass is 10.4. The Bertz CT molecular complexity index is 532. The van der Waals surface area contributed by atoms with Gasteiger partial charge in [0.15, 0.2) is 18.1 Å². The number of nitrogens with zero attached hydrogens (tertiary/aromatic N) is 2. The third-order valence-electron chi connectivity index (χ3n) is 2.15. The number of rotatable bonds is 6. The van der Waals surface area contributed by atoms with Crippen LogP contribution in [0.2, 0.25) is 0 Å². The van der Waals surface area contributed by atoms with Gasteiger partial charge in [0.05, 0.1) is 6.54 Å². The molecule has 1 heterocycles. The molecule has 9 nitrogen and oxygen atoms in total. The quantitative estimate of drug-likeness (QED) is 0.564. The van der Waals surface area contributed by atoms with Crippen molar-refractivity contribution in [3.8, 4) is 0 Å². The molecular formula is C12H17N5O4. The normalized spacial score (nSPS) is 10.0.